The van der Waals surface area contributed by atoms with Crippen molar-refractivity contribution in [2.45, 2.75) is 32.5 Å². The molecule has 3 rings (SSSR count). The number of carboxylic acid groups (broad SMARTS) is 1. The second-order valence-corrected chi connectivity index (χ2v) is 5.74. The van der Waals surface area contributed by atoms with Gasteiger partial charge in [-0.15, -0.1) is 0 Å². The van der Waals surface area contributed by atoms with Crippen molar-refractivity contribution in [3.8, 4) is 0 Å². The third-order valence-corrected chi connectivity index (χ3v) is 4.04. The van der Waals surface area contributed by atoms with E-state index in [4.69, 9.17) is 0 Å². The lowest BCUT2D eigenvalue weighted by Gasteiger charge is -2.28. The van der Waals surface area contributed by atoms with Crippen molar-refractivity contribution < 1.29 is 19.8 Å². The lowest BCUT2D eigenvalue weighted by Crippen LogP contribution is -2.41. The molecule has 1 atom stereocenters. The van der Waals surface area contributed by atoms with Crippen LogP contribution in [0.4, 0.5) is 0 Å². The zero-order chi connectivity index (χ0) is 17.3. The summed E-state index contributed by atoms with van der Waals surface area (Å²) < 4.78 is 1.64. The maximum atomic E-state index is 12.0. The molecule has 2 aromatic rings. The highest BCUT2D eigenvalue weighted by molar-refractivity contribution is 5.88. The number of pyridine rings is 1. The molecular formula is C16H18N4O4. The van der Waals surface area contributed by atoms with Crippen LogP contribution in [0.3, 0.4) is 0 Å². The Balaban J connectivity index is 1.94. The summed E-state index contributed by atoms with van der Waals surface area (Å²) in [5.41, 5.74) is 2.05. The molecule has 0 bridgehead atoms. The standard InChI is InChI=1S/C16H18N4O4/c1-10(21)15(22)19-7-5-13-12(9-19)14(16(23)24)18-20(13)8-11-4-2-3-6-17-11/h2-4,6,10,21H,5,7-9H2,1H3,(H,23,24). The first-order valence-electron chi connectivity index (χ1n) is 7.66. The largest absolute Gasteiger partial charge is 0.476 e. The Labute approximate surface area is 138 Å². The number of aliphatic hydroxyl groups is 1. The van der Waals surface area contributed by atoms with Gasteiger partial charge in [0.05, 0.1) is 12.2 Å². The number of aliphatic hydroxyl groups excluding tert-OH is 1. The SMILES string of the molecule is CC(O)C(=O)N1CCc2c(c(C(=O)O)nn2Cc2ccccn2)C1. The lowest BCUT2D eigenvalue weighted by molar-refractivity contribution is -0.140. The van der Waals surface area contributed by atoms with Crippen LogP contribution in [0, 0.1) is 0 Å². The van der Waals surface area contributed by atoms with Crippen molar-refractivity contribution in [3.05, 3.63) is 47.0 Å². The molecule has 1 unspecified atom stereocenters. The van der Waals surface area contributed by atoms with E-state index >= 15 is 0 Å². The maximum Gasteiger partial charge on any atom is 0.356 e. The number of nitrogens with zero attached hydrogens (tertiary/aromatic N) is 4. The van der Waals surface area contributed by atoms with E-state index in [1.807, 2.05) is 18.2 Å². The monoisotopic (exact) mass is 330 g/mol. The molecule has 2 aromatic heterocycles. The predicted octanol–water partition coefficient (Wildman–Crippen LogP) is 0.290. The number of aromatic nitrogens is 3. The number of carbonyl (C=O) groups is 2. The van der Waals surface area contributed by atoms with Gasteiger partial charge in [0.15, 0.2) is 5.69 Å². The van der Waals surface area contributed by atoms with Crippen LogP contribution in [-0.2, 0) is 24.3 Å². The van der Waals surface area contributed by atoms with Crippen LogP contribution in [0.5, 0.6) is 0 Å². The molecule has 8 nitrogen and oxygen atoms in total. The number of aromatic carboxylic acids is 1. The average Bonchev–Trinajstić information content (AvgIpc) is 2.93. The number of amides is 1. The van der Waals surface area contributed by atoms with Gasteiger partial charge in [-0.3, -0.25) is 14.5 Å². The Hall–Kier alpha value is -2.74. The highest BCUT2D eigenvalue weighted by Crippen LogP contribution is 2.24. The maximum absolute atomic E-state index is 12.0. The van der Waals surface area contributed by atoms with Gasteiger partial charge in [0, 0.05) is 37.0 Å². The summed E-state index contributed by atoms with van der Waals surface area (Å²) in [6.45, 7) is 2.34. The summed E-state index contributed by atoms with van der Waals surface area (Å²) >= 11 is 0. The van der Waals surface area contributed by atoms with E-state index in [9.17, 15) is 19.8 Å². The summed E-state index contributed by atoms with van der Waals surface area (Å²) in [6, 6.07) is 5.52. The van der Waals surface area contributed by atoms with Gasteiger partial charge in [-0.2, -0.15) is 5.10 Å². The molecule has 24 heavy (non-hydrogen) atoms. The lowest BCUT2D eigenvalue weighted by atomic mass is 10.0. The molecule has 0 aliphatic carbocycles. The minimum Gasteiger partial charge on any atom is -0.476 e. The Morgan fingerprint density at radius 1 is 1.38 bits per heavy atom. The second-order valence-electron chi connectivity index (χ2n) is 5.74. The first-order valence-corrected chi connectivity index (χ1v) is 7.66. The van der Waals surface area contributed by atoms with E-state index < -0.39 is 18.0 Å². The Morgan fingerprint density at radius 3 is 2.79 bits per heavy atom. The molecule has 0 spiro atoms. The van der Waals surface area contributed by atoms with Crippen molar-refractivity contribution in [1.29, 1.82) is 0 Å². The summed E-state index contributed by atoms with van der Waals surface area (Å²) in [4.78, 5) is 29.2. The quantitative estimate of drug-likeness (QED) is 0.834. The summed E-state index contributed by atoms with van der Waals surface area (Å²) in [6.07, 6.45) is 1.05. The normalized spacial score (nSPS) is 15.0. The van der Waals surface area contributed by atoms with E-state index in [2.05, 4.69) is 10.1 Å². The predicted molar refractivity (Wildman–Crippen MR) is 83.3 cm³/mol. The van der Waals surface area contributed by atoms with Gasteiger partial charge in [-0.25, -0.2) is 4.79 Å². The molecule has 8 heteroatoms. The molecule has 3 heterocycles. The van der Waals surface area contributed by atoms with Gasteiger partial charge in [0.1, 0.15) is 6.10 Å². The van der Waals surface area contributed by atoms with E-state index in [0.717, 1.165) is 11.4 Å². The van der Waals surface area contributed by atoms with Gasteiger partial charge in [0.2, 0.25) is 0 Å². The van der Waals surface area contributed by atoms with Crippen molar-refractivity contribution in [2.24, 2.45) is 0 Å². The molecule has 1 aliphatic rings. The molecule has 2 N–H and O–H groups in total. The van der Waals surface area contributed by atoms with Crippen molar-refractivity contribution in [3.63, 3.8) is 0 Å². The number of hydrogen-bond acceptors (Lipinski definition) is 5. The van der Waals surface area contributed by atoms with E-state index in [0.29, 0.717) is 25.1 Å². The van der Waals surface area contributed by atoms with E-state index in [1.54, 1.807) is 10.9 Å². The average molecular weight is 330 g/mol. The molecule has 1 aliphatic heterocycles. The van der Waals surface area contributed by atoms with Crippen molar-refractivity contribution in [1.82, 2.24) is 19.7 Å². The third kappa shape index (κ3) is 3.00. The zero-order valence-electron chi connectivity index (χ0n) is 13.2. The van der Waals surface area contributed by atoms with Crippen LogP contribution >= 0.6 is 0 Å². The number of hydrogen-bond donors (Lipinski definition) is 2. The summed E-state index contributed by atoms with van der Waals surface area (Å²) in [7, 11) is 0. The van der Waals surface area contributed by atoms with Gasteiger partial charge < -0.3 is 15.1 Å². The fourth-order valence-corrected chi connectivity index (χ4v) is 2.89. The highest BCUT2D eigenvalue weighted by Gasteiger charge is 2.31. The van der Waals surface area contributed by atoms with Gasteiger partial charge >= 0.3 is 5.97 Å². The molecule has 0 aromatic carbocycles. The molecule has 0 fully saturated rings. The highest BCUT2D eigenvalue weighted by atomic mass is 16.4. The van der Waals surface area contributed by atoms with Crippen LogP contribution in [-0.4, -0.2) is 54.4 Å². The summed E-state index contributed by atoms with van der Waals surface area (Å²) in [5.74, 6) is -1.54. The molecule has 0 saturated carbocycles. The van der Waals surface area contributed by atoms with Crippen LogP contribution in [0.2, 0.25) is 0 Å². The van der Waals surface area contributed by atoms with Gasteiger partial charge in [-0.1, -0.05) is 6.07 Å². The van der Waals surface area contributed by atoms with Crippen molar-refractivity contribution in [2.75, 3.05) is 6.54 Å². The summed E-state index contributed by atoms with van der Waals surface area (Å²) in [5, 5.41) is 23.1. The first kappa shape index (κ1) is 16.1. The molecule has 0 radical (unpaired) electrons. The molecular weight excluding hydrogens is 312 g/mol. The Kier molecular flexibility index (Phi) is 4.30. The van der Waals surface area contributed by atoms with Gasteiger partial charge in [-0.05, 0) is 19.1 Å². The molecule has 0 saturated heterocycles. The Morgan fingerprint density at radius 2 is 2.17 bits per heavy atom. The fraction of sp³-hybridized carbons (Fsp3) is 0.375. The van der Waals surface area contributed by atoms with Crippen LogP contribution < -0.4 is 0 Å². The number of fused-ring (bicyclic) bond motifs is 1. The van der Waals surface area contributed by atoms with Gasteiger partial charge in [0.25, 0.3) is 5.91 Å². The first-order chi connectivity index (χ1) is 11.5. The third-order valence-electron chi connectivity index (χ3n) is 4.04. The smallest absolute Gasteiger partial charge is 0.356 e. The second kappa shape index (κ2) is 6.40. The number of rotatable bonds is 4. The number of carbonyl (C=O) groups excluding carboxylic acids is 1. The molecule has 1 amide bonds. The Bertz CT molecular complexity index is 770. The number of carboxylic acids is 1. The topological polar surface area (TPSA) is 109 Å². The van der Waals surface area contributed by atoms with Crippen LogP contribution in [0.25, 0.3) is 0 Å². The van der Waals surface area contributed by atoms with E-state index in [1.165, 1.54) is 11.8 Å². The van der Waals surface area contributed by atoms with Crippen molar-refractivity contribution >= 4 is 11.9 Å². The van der Waals surface area contributed by atoms with Crippen LogP contribution in [0.15, 0.2) is 24.4 Å². The zero-order valence-corrected chi connectivity index (χ0v) is 13.2. The van der Waals surface area contributed by atoms with E-state index in [-0.39, 0.29) is 12.2 Å². The minimum atomic E-state index is -1.13. The minimum absolute atomic E-state index is 0.0518. The molecule has 126 valence electrons. The van der Waals surface area contributed by atoms with Crippen LogP contribution in [0.1, 0.15) is 34.4 Å². The fourth-order valence-electron chi connectivity index (χ4n) is 2.89.